The number of anilines is 3. The summed E-state index contributed by atoms with van der Waals surface area (Å²) < 4.78 is 0. The summed E-state index contributed by atoms with van der Waals surface area (Å²) in [7, 11) is 0. The maximum atomic E-state index is 3.85. The van der Waals surface area contributed by atoms with E-state index in [0.29, 0.717) is 0 Å². The lowest BCUT2D eigenvalue weighted by molar-refractivity contribution is 1.42. The number of hydrogen-bond donors (Lipinski definition) is 1. The molecule has 5 aromatic rings. The lowest BCUT2D eigenvalue weighted by Crippen LogP contribution is -2.49. The van der Waals surface area contributed by atoms with Crippen molar-refractivity contribution < 1.29 is 0 Å². The van der Waals surface area contributed by atoms with Gasteiger partial charge in [-0.15, -0.1) is 0 Å². The second kappa shape index (κ2) is 8.36. The SMILES string of the molecule is c1ccc(-c2cccc(-c3ccccc3)c2B2Nc3ccccc3N2c2ccccc2)cc1. The zero-order valence-corrected chi connectivity index (χ0v) is 18.2. The summed E-state index contributed by atoms with van der Waals surface area (Å²) in [5.74, 6) is 0. The topological polar surface area (TPSA) is 15.3 Å². The predicted octanol–water partition coefficient (Wildman–Crippen LogP) is 6.98. The van der Waals surface area contributed by atoms with Gasteiger partial charge in [0.25, 0.3) is 0 Å². The highest BCUT2D eigenvalue weighted by Gasteiger charge is 2.39. The zero-order chi connectivity index (χ0) is 22.0. The van der Waals surface area contributed by atoms with Gasteiger partial charge in [-0.05, 0) is 52.0 Å². The van der Waals surface area contributed by atoms with E-state index in [1.165, 1.54) is 39.1 Å². The number of para-hydroxylation sites is 3. The summed E-state index contributed by atoms with van der Waals surface area (Å²) in [6.07, 6.45) is 0. The van der Waals surface area contributed by atoms with Crippen molar-refractivity contribution >= 4 is 29.5 Å². The van der Waals surface area contributed by atoms with Gasteiger partial charge in [-0.3, -0.25) is 0 Å². The van der Waals surface area contributed by atoms with E-state index < -0.39 is 0 Å². The number of nitrogens with one attached hydrogen (secondary N) is 1. The van der Waals surface area contributed by atoms with Crippen molar-refractivity contribution in [3.05, 3.63) is 133 Å². The van der Waals surface area contributed by atoms with E-state index in [9.17, 15) is 0 Å². The lowest BCUT2D eigenvalue weighted by Gasteiger charge is -2.28. The third kappa shape index (κ3) is 3.48. The minimum atomic E-state index is -0.0450. The van der Waals surface area contributed by atoms with Crippen LogP contribution < -0.4 is 15.5 Å². The van der Waals surface area contributed by atoms with Gasteiger partial charge in [0.15, 0.2) is 0 Å². The minimum Gasteiger partial charge on any atom is -0.403 e. The fourth-order valence-electron chi connectivity index (χ4n) is 4.83. The average molecular weight is 422 g/mol. The van der Waals surface area contributed by atoms with Crippen LogP contribution in [0.2, 0.25) is 0 Å². The number of benzene rings is 5. The molecule has 5 aromatic carbocycles. The van der Waals surface area contributed by atoms with Crippen LogP contribution in [0.5, 0.6) is 0 Å². The van der Waals surface area contributed by atoms with Crippen molar-refractivity contribution in [2.75, 3.05) is 10.0 Å². The molecule has 2 nitrogen and oxygen atoms in total. The number of nitrogens with zero attached hydrogens (tertiary/aromatic N) is 1. The molecule has 1 aliphatic rings. The van der Waals surface area contributed by atoms with Gasteiger partial charge in [0.1, 0.15) is 0 Å². The molecule has 1 heterocycles. The highest BCUT2D eigenvalue weighted by molar-refractivity contribution is 6.84. The van der Waals surface area contributed by atoms with Crippen LogP contribution in [-0.4, -0.2) is 6.98 Å². The van der Waals surface area contributed by atoms with Gasteiger partial charge >= 0.3 is 6.98 Å². The molecule has 0 saturated carbocycles. The molecule has 0 spiro atoms. The Morgan fingerprint density at radius 2 is 1.00 bits per heavy atom. The molecule has 0 aromatic heterocycles. The Labute approximate surface area is 195 Å². The van der Waals surface area contributed by atoms with Crippen molar-refractivity contribution in [1.29, 1.82) is 0 Å². The fourth-order valence-corrected chi connectivity index (χ4v) is 4.83. The molecule has 0 bridgehead atoms. The molecule has 1 aliphatic heterocycles. The van der Waals surface area contributed by atoms with Gasteiger partial charge < -0.3 is 10.0 Å². The predicted molar refractivity (Wildman–Crippen MR) is 141 cm³/mol. The van der Waals surface area contributed by atoms with E-state index >= 15 is 0 Å². The van der Waals surface area contributed by atoms with Crippen LogP contribution in [0.25, 0.3) is 22.3 Å². The second-order valence-electron chi connectivity index (χ2n) is 8.27. The van der Waals surface area contributed by atoms with Crippen molar-refractivity contribution in [2.24, 2.45) is 0 Å². The second-order valence-corrected chi connectivity index (χ2v) is 8.27. The standard InChI is InChI=1S/C30H23BN2/c1-4-13-23(14-5-1)26-19-12-20-27(24-15-6-2-7-16-24)30(26)31-32-28-21-10-11-22-29(28)33(31)25-17-8-3-9-18-25/h1-22,32H. The van der Waals surface area contributed by atoms with Gasteiger partial charge in [0.2, 0.25) is 0 Å². The molecular weight excluding hydrogens is 399 g/mol. The molecular formula is C30H23BN2. The smallest absolute Gasteiger partial charge is 0.403 e. The third-order valence-corrected chi connectivity index (χ3v) is 6.30. The van der Waals surface area contributed by atoms with Gasteiger partial charge in [0.05, 0.1) is 5.69 Å². The molecule has 0 atom stereocenters. The first-order chi connectivity index (χ1) is 16.4. The molecule has 156 valence electrons. The van der Waals surface area contributed by atoms with E-state index in [1.807, 2.05) is 0 Å². The van der Waals surface area contributed by atoms with Gasteiger partial charge in [-0.2, -0.15) is 0 Å². The van der Waals surface area contributed by atoms with Crippen LogP contribution in [-0.2, 0) is 0 Å². The van der Waals surface area contributed by atoms with Gasteiger partial charge in [-0.25, -0.2) is 0 Å². The van der Waals surface area contributed by atoms with Crippen molar-refractivity contribution in [3.8, 4) is 22.3 Å². The van der Waals surface area contributed by atoms with E-state index in [1.54, 1.807) is 0 Å². The van der Waals surface area contributed by atoms with E-state index in [0.717, 1.165) is 5.69 Å². The summed E-state index contributed by atoms with van der Waals surface area (Å²) in [6.45, 7) is -0.0450. The largest absolute Gasteiger partial charge is 0.414 e. The number of hydrogen-bond acceptors (Lipinski definition) is 2. The minimum absolute atomic E-state index is 0.0450. The number of fused-ring (bicyclic) bond motifs is 1. The van der Waals surface area contributed by atoms with E-state index in [-0.39, 0.29) is 6.98 Å². The molecule has 0 fully saturated rings. The lowest BCUT2D eigenvalue weighted by atomic mass is 9.61. The monoisotopic (exact) mass is 422 g/mol. The maximum absolute atomic E-state index is 3.85. The Hall–Kier alpha value is -4.24. The Bertz CT molecular complexity index is 1330. The highest BCUT2D eigenvalue weighted by atomic mass is 15.2. The highest BCUT2D eigenvalue weighted by Crippen LogP contribution is 2.40. The van der Waals surface area contributed by atoms with Crippen LogP contribution in [0.15, 0.2) is 133 Å². The summed E-state index contributed by atoms with van der Waals surface area (Å²) >= 11 is 0. The van der Waals surface area contributed by atoms with E-state index in [4.69, 9.17) is 0 Å². The Balaban J connectivity index is 1.62. The van der Waals surface area contributed by atoms with Crippen LogP contribution in [0, 0.1) is 0 Å². The first-order valence-corrected chi connectivity index (χ1v) is 11.3. The normalized spacial score (nSPS) is 12.4. The van der Waals surface area contributed by atoms with Gasteiger partial charge in [-0.1, -0.05) is 109 Å². The first kappa shape index (κ1) is 19.5. The first-order valence-electron chi connectivity index (χ1n) is 11.3. The third-order valence-electron chi connectivity index (χ3n) is 6.30. The van der Waals surface area contributed by atoms with Crippen LogP contribution in [0.1, 0.15) is 0 Å². The molecule has 0 saturated heterocycles. The zero-order valence-electron chi connectivity index (χ0n) is 18.2. The Kier molecular flexibility index (Phi) is 4.93. The average Bonchev–Trinajstić information content (AvgIpc) is 3.29. The summed E-state index contributed by atoms with van der Waals surface area (Å²) in [4.78, 5) is 2.42. The molecule has 0 amide bonds. The van der Waals surface area contributed by atoms with E-state index in [2.05, 4.69) is 143 Å². The van der Waals surface area contributed by atoms with Crippen molar-refractivity contribution in [1.82, 2.24) is 0 Å². The molecule has 6 rings (SSSR count). The van der Waals surface area contributed by atoms with Crippen LogP contribution in [0.4, 0.5) is 17.1 Å². The van der Waals surface area contributed by atoms with Crippen LogP contribution >= 0.6 is 0 Å². The Morgan fingerprint density at radius 1 is 0.485 bits per heavy atom. The summed E-state index contributed by atoms with van der Waals surface area (Å²) in [5.41, 5.74) is 9.69. The quantitative estimate of drug-likeness (QED) is 0.314. The Morgan fingerprint density at radius 3 is 1.61 bits per heavy atom. The molecule has 1 N–H and O–H groups in total. The molecule has 0 aliphatic carbocycles. The van der Waals surface area contributed by atoms with Gasteiger partial charge in [0, 0.05) is 11.4 Å². The number of rotatable bonds is 4. The van der Waals surface area contributed by atoms with Crippen LogP contribution in [0.3, 0.4) is 0 Å². The molecule has 0 unspecified atom stereocenters. The molecule has 3 heteroatoms. The fraction of sp³-hybridized carbons (Fsp3) is 0. The molecule has 33 heavy (non-hydrogen) atoms. The van der Waals surface area contributed by atoms with Crippen molar-refractivity contribution in [2.45, 2.75) is 0 Å². The summed E-state index contributed by atoms with van der Waals surface area (Å²) in [5, 5.41) is 3.85. The maximum Gasteiger partial charge on any atom is 0.414 e. The van der Waals surface area contributed by atoms with Crippen molar-refractivity contribution in [3.63, 3.8) is 0 Å². The summed E-state index contributed by atoms with van der Waals surface area (Å²) in [6, 6.07) is 47.3. The molecule has 0 radical (unpaired) electrons.